The van der Waals surface area contributed by atoms with Crippen LogP contribution in [0.2, 0.25) is 0 Å². The maximum atomic E-state index is 12.9. The number of hydrogen-bond acceptors (Lipinski definition) is 3. The minimum Gasteiger partial charge on any atom is -0.464 e. The van der Waals surface area contributed by atoms with E-state index in [-0.39, 0.29) is 23.3 Å². The average Bonchev–Trinajstić information content (AvgIpc) is 3.15. The second-order valence-electron chi connectivity index (χ2n) is 6.58. The minimum absolute atomic E-state index is 0.147. The van der Waals surface area contributed by atoms with E-state index in [0.717, 1.165) is 32.9 Å². The third kappa shape index (κ3) is 4.35. The Hall–Kier alpha value is -3.45. The van der Waals surface area contributed by atoms with Gasteiger partial charge in [0.1, 0.15) is 11.4 Å². The second-order valence-corrected chi connectivity index (χ2v) is 6.99. The number of benzene rings is 3. The van der Waals surface area contributed by atoms with Gasteiger partial charge in [0, 0.05) is 17.5 Å². The van der Waals surface area contributed by atoms with Crippen molar-refractivity contribution >= 4 is 45.0 Å². The zero-order valence-corrected chi connectivity index (χ0v) is 16.2. The van der Waals surface area contributed by atoms with E-state index in [9.17, 15) is 9.18 Å². The molecule has 3 aromatic carbocycles. The lowest BCUT2D eigenvalue weighted by Crippen LogP contribution is -2.47. The molecular weight excluding hydrogens is 389 g/mol. The molecule has 0 bridgehead atoms. The summed E-state index contributed by atoms with van der Waals surface area (Å²) < 4.78 is 18.5. The molecule has 0 saturated heterocycles. The summed E-state index contributed by atoms with van der Waals surface area (Å²) in [7, 11) is 0. The number of amides is 1. The molecule has 0 radical (unpaired) electrons. The first kappa shape index (κ1) is 18.9. The molecule has 7 heteroatoms. The Bertz CT molecular complexity index is 1190. The number of thiocarbonyl (C=S) groups is 1. The monoisotopic (exact) mass is 407 g/mol. The number of rotatable bonds is 4. The van der Waals surface area contributed by atoms with Crippen molar-refractivity contribution in [3.63, 3.8) is 0 Å². The van der Waals surface area contributed by atoms with Crippen molar-refractivity contribution in [1.29, 1.82) is 0 Å². The van der Waals surface area contributed by atoms with Gasteiger partial charge in [0.2, 0.25) is 5.91 Å². The van der Waals surface area contributed by atoms with Gasteiger partial charge in [-0.2, -0.15) is 0 Å². The van der Waals surface area contributed by atoms with Crippen LogP contribution < -0.4 is 16.2 Å². The number of fused-ring (bicyclic) bond motifs is 3. The maximum Gasteiger partial charge on any atom is 0.242 e. The summed E-state index contributed by atoms with van der Waals surface area (Å²) >= 11 is 5.16. The first-order chi connectivity index (χ1) is 14.1. The average molecular weight is 407 g/mol. The molecule has 1 aromatic heterocycles. The molecule has 4 rings (SSSR count). The molecule has 3 N–H and O–H groups in total. The van der Waals surface area contributed by atoms with Gasteiger partial charge in [-0.05, 0) is 46.8 Å². The van der Waals surface area contributed by atoms with Crippen molar-refractivity contribution < 1.29 is 13.6 Å². The van der Waals surface area contributed by atoms with Gasteiger partial charge in [0.15, 0.2) is 5.11 Å². The molecule has 0 aliphatic carbocycles. The van der Waals surface area contributed by atoms with Crippen LogP contribution >= 0.6 is 12.2 Å². The number of hydrazine groups is 1. The Morgan fingerprint density at radius 3 is 2.62 bits per heavy atom. The van der Waals surface area contributed by atoms with Crippen LogP contribution in [0.1, 0.15) is 11.1 Å². The third-order valence-corrected chi connectivity index (χ3v) is 4.82. The van der Waals surface area contributed by atoms with E-state index in [1.165, 1.54) is 12.1 Å². The molecule has 0 fully saturated rings. The molecule has 1 heterocycles. The summed E-state index contributed by atoms with van der Waals surface area (Å²) in [6.07, 6.45) is 1.76. The zero-order valence-electron chi connectivity index (χ0n) is 15.4. The molecule has 1 amide bonds. The van der Waals surface area contributed by atoms with Crippen LogP contribution in [0.25, 0.3) is 21.7 Å². The molecule has 0 aliphatic heterocycles. The SMILES string of the molecule is O=C(Cc1coc2ccc3ccccc3c12)NNC(=S)NCc1ccc(F)cc1. The number of carbonyl (C=O) groups excluding carboxylic acids is 1. The number of furan rings is 1. The highest BCUT2D eigenvalue weighted by molar-refractivity contribution is 7.80. The summed E-state index contributed by atoms with van der Waals surface area (Å²) in [6, 6.07) is 18.0. The first-order valence-corrected chi connectivity index (χ1v) is 9.46. The Labute approximate surface area is 171 Å². The molecule has 29 heavy (non-hydrogen) atoms. The van der Waals surface area contributed by atoms with Crippen molar-refractivity contribution in [3.8, 4) is 0 Å². The summed E-state index contributed by atoms with van der Waals surface area (Å²) in [5.41, 5.74) is 7.69. The molecule has 0 spiro atoms. The van der Waals surface area contributed by atoms with Gasteiger partial charge in [-0.1, -0.05) is 42.5 Å². The number of hydrogen-bond donors (Lipinski definition) is 3. The molecule has 0 atom stereocenters. The van der Waals surface area contributed by atoms with E-state index in [2.05, 4.69) is 16.2 Å². The van der Waals surface area contributed by atoms with E-state index in [0.29, 0.717) is 6.54 Å². The van der Waals surface area contributed by atoms with Crippen LogP contribution in [0.15, 0.2) is 71.3 Å². The number of nitrogens with one attached hydrogen (secondary N) is 3. The highest BCUT2D eigenvalue weighted by Crippen LogP contribution is 2.30. The summed E-state index contributed by atoms with van der Waals surface area (Å²) in [4.78, 5) is 12.4. The van der Waals surface area contributed by atoms with Gasteiger partial charge in [0.25, 0.3) is 0 Å². The van der Waals surface area contributed by atoms with Gasteiger partial charge in [0.05, 0.1) is 12.7 Å². The van der Waals surface area contributed by atoms with Gasteiger partial charge < -0.3 is 9.73 Å². The van der Waals surface area contributed by atoms with E-state index >= 15 is 0 Å². The first-order valence-electron chi connectivity index (χ1n) is 9.05. The smallest absolute Gasteiger partial charge is 0.242 e. The molecule has 0 unspecified atom stereocenters. The summed E-state index contributed by atoms with van der Waals surface area (Å²) in [6.45, 7) is 0.417. The fourth-order valence-corrected chi connectivity index (χ4v) is 3.30. The third-order valence-electron chi connectivity index (χ3n) is 4.57. The molecule has 5 nitrogen and oxygen atoms in total. The van der Waals surface area contributed by atoms with Crippen molar-refractivity contribution in [3.05, 3.63) is 83.9 Å². The molecule has 146 valence electrons. The Morgan fingerprint density at radius 1 is 1.00 bits per heavy atom. The van der Waals surface area contributed by atoms with Gasteiger partial charge >= 0.3 is 0 Å². The number of carbonyl (C=O) groups is 1. The predicted molar refractivity (Wildman–Crippen MR) is 115 cm³/mol. The lowest BCUT2D eigenvalue weighted by Gasteiger charge is -2.11. The molecule has 0 saturated carbocycles. The van der Waals surface area contributed by atoms with Crippen LogP contribution in [0.3, 0.4) is 0 Å². The molecule has 0 aliphatic rings. The number of halogens is 1. The summed E-state index contributed by atoms with van der Waals surface area (Å²) in [5.74, 6) is -0.534. The predicted octanol–water partition coefficient (Wildman–Crippen LogP) is 3.96. The lowest BCUT2D eigenvalue weighted by atomic mass is 10.0. The van der Waals surface area contributed by atoms with Crippen LogP contribution in [0, 0.1) is 5.82 Å². The standard InChI is InChI=1S/C22H18FN3O2S/c23-17-8-5-14(6-9-17)12-24-22(29)26-25-20(27)11-16-13-28-19-10-7-15-3-1-2-4-18(15)21(16)19/h1-10,13H,11-12H2,(H,25,27)(H2,24,26,29). The van der Waals surface area contributed by atoms with Crippen LogP contribution in [0.5, 0.6) is 0 Å². The topological polar surface area (TPSA) is 66.3 Å². The van der Waals surface area contributed by atoms with Crippen molar-refractivity contribution in [2.45, 2.75) is 13.0 Å². The molecular formula is C22H18FN3O2S. The van der Waals surface area contributed by atoms with Gasteiger partial charge in [-0.3, -0.25) is 15.6 Å². The Balaban J connectivity index is 1.35. The fourth-order valence-electron chi connectivity index (χ4n) is 3.18. The van der Waals surface area contributed by atoms with E-state index in [4.69, 9.17) is 16.6 Å². The highest BCUT2D eigenvalue weighted by Gasteiger charge is 2.13. The van der Waals surface area contributed by atoms with E-state index < -0.39 is 0 Å². The Kier molecular flexibility index (Phi) is 5.39. The van der Waals surface area contributed by atoms with Crippen molar-refractivity contribution in [2.75, 3.05) is 0 Å². The van der Waals surface area contributed by atoms with Crippen LogP contribution in [0.4, 0.5) is 4.39 Å². The highest BCUT2D eigenvalue weighted by atomic mass is 32.1. The van der Waals surface area contributed by atoms with E-state index in [1.54, 1.807) is 18.4 Å². The van der Waals surface area contributed by atoms with Gasteiger partial charge in [-0.25, -0.2) is 4.39 Å². The quantitative estimate of drug-likeness (QED) is 0.353. The van der Waals surface area contributed by atoms with Gasteiger partial charge in [-0.15, -0.1) is 0 Å². The van der Waals surface area contributed by atoms with E-state index in [1.807, 2.05) is 36.4 Å². The largest absolute Gasteiger partial charge is 0.464 e. The van der Waals surface area contributed by atoms with Crippen molar-refractivity contribution in [1.82, 2.24) is 16.2 Å². The van der Waals surface area contributed by atoms with Crippen LogP contribution in [-0.4, -0.2) is 11.0 Å². The minimum atomic E-state index is -0.290. The summed E-state index contributed by atoms with van der Waals surface area (Å²) in [5, 5.41) is 6.30. The zero-order chi connectivity index (χ0) is 20.2. The second kappa shape index (κ2) is 8.28. The maximum absolute atomic E-state index is 12.9. The Morgan fingerprint density at radius 2 is 1.79 bits per heavy atom. The fraction of sp³-hybridized carbons (Fsp3) is 0.0909. The molecule has 4 aromatic rings. The van der Waals surface area contributed by atoms with Crippen LogP contribution in [-0.2, 0) is 17.8 Å². The lowest BCUT2D eigenvalue weighted by molar-refractivity contribution is -0.121. The normalized spacial score (nSPS) is 10.8. The van der Waals surface area contributed by atoms with Crippen molar-refractivity contribution in [2.24, 2.45) is 0 Å².